The Morgan fingerprint density at radius 3 is 2.78 bits per heavy atom. The number of carbonyl (C=O) groups excluding carboxylic acids is 1. The van der Waals surface area contributed by atoms with E-state index in [-0.39, 0.29) is 18.7 Å². The molecule has 27 heavy (non-hydrogen) atoms. The van der Waals surface area contributed by atoms with E-state index >= 15 is 0 Å². The number of nitrogens with one attached hydrogen (secondary N) is 2. The van der Waals surface area contributed by atoms with Crippen molar-refractivity contribution < 1.29 is 14.3 Å². The van der Waals surface area contributed by atoms with Crippen LogP contribution in [0.25, 0.3) is 0 Å². The van der Waals surface area contributed by atoms with Crippen molar-refractivity contribution in [2.45, 2.75) is 25.8 Å². The molecular weight excluding hydrogens is 344 g/mol. The molecule has 4 rings (SSSR count). The van der Waals surface area contributed by atoms with E-state index in [0.29, 0.717) is 24.5 Å². The first-order valence-corrected chi connectivity index (χ1v) is 8.81. The molecule has 1 aromatic heterocycles. The maximum absolute atomic E-state index is 12.6. The summed E-state index contributed by atoms with van der Waals surface area (Å²) in [6.07, 6.45) is 0.962. The number of nitrogens with zero attached hydrogens (tertiary/aromatic N) is 2. The van der Waals surface area contributed by atoms with Crippen LogP contribution in [0.15, 0.2) is 48.5 Å². The number of carbonyl (C=O) groups is 1. The highest BCUT2D eigenvalue weighted by atomic mass is 16.7. The number of ether oxygens (including phenoxy) is 2. The van der Waals surface area contributed by atoms with Crippen LogP contribution < -0.4 is 14.8 Å². The van der Waals surface area contributed by atoms with Gasteiger partial charge in [0.2, 0.25) is 12.7 Å². The number of aromatic nitrogens is 3. The number of aryl methyl sites for hydroxylation is 2. The molecule has 3 aromatic rings. The van der Waals surface area contributed by atoms with Crippen molar-refractivity contribution >= 4 is 5.91 Å². The lowest BCUT2D eigenvalue weighted by Crippen LogP contribution is -2.30. The van der Waals surface area contributed by atoms with Crippen molar-refractivity contribution in [1.29, 1.82) is 0 Å². The quantitative estimate of drug-likeness (QED) is 0.702. The number of fused-ring (bicyclic) bond motifs is 1. The van der Waals surface area contributed by atoms with Crippen LogP contribution in [-0.4, -0.2) is 27.9 Å². The van der Waals surface area contributed by atoms with Gasteiger partial charge in [-0.25, -0.2) is 4.98 Å². The largest absolute Gasteiger partial charge is 0.454 e. The summed E-state index contributed by atoms with van der Waals surface area (Å²) in [6.45, 7) is 2.08. The summed E-state index contributed by atoms with van der Waals surface area (Å²) in [5, 5.41) is 10.1. The van der Waals surface area contributed by atoms with Gasteiger partial charge in [0, 0.05) is 6.42 Å². The first-order chi connectivity index (χ1) is 13.2. The molecule has 2 aromatic carbocycles. The fourth-order valence-electron chi connectivity index (χ4n) is 3.02. The van der Waals surface area contributed by atoms with Crippen molar-refractivity contribution in [2.24, 2.45) is 0 Å². The normalized spacial score (nSPS) is 13.4. The Bertz CT molecular complexity index is 939. The van der Waals surface area contributed by atoms with Crippen LogP contribution in [0.4, 0.5) is 0 Å². The van der Waals surface area contributed by atoms with Crippen LogP contribution in [0, 0.1) is 6.92 Å². The number of aromatic amines is 1. The molecule has 2 N–H and O–H groups in total. The Labute approximate surface area is 156 Å². The van der Waals surface area contributed by atoms with Crippen molar-refractivity contribution in [3.63, 3.8) is 0 Å². The van der Waals surface area contributed by atoms with Gasteiger partial charge in [-0.3, -0.25) is 9.89 Å². The molecule has 0 aliphatic carbocycles. The van der Waals surface area contributed by atoms with Gasteiger partial charge < -0.3 is 14.8 Å². The Kier molecular flexibility index (Phi) is 4.74. The number of H-pyrrole nitrogens is 1. The third-order valence-corrected chi connectivity index (χ3v) is 4.39. The first kappa shape index (κ1) is 17.1. The highest BCUT2D eigenvalue weighted by Gasteiger charge is 2.21. The Morgan fingerprint density at radius 1 is 1.19 bits per heavy atom. The zero-order valence-corrected chi connectivity index (χ0v) is 14.9. The van der Waals surface area contributed by atoms with Gasteiger partial charge in [0.15, 0.2) is 17.3 Å². The van der Waals surface area contributed by atoms with Crippen molar-refractivity contribution in [3.8, 4) is 11.5 Å². The Balaban J connectivity index is 1.44. The monoisotopic (exact) mass is 364 g/mol. The average Bonchev–Trinajstić information content (AvgIpc) is 3.33. The lowest BCUT2D eigenvalue weighted by molar-refractivity contribution is -0.121. The number of benzene rings is 2. The highest BCUT2D eigenvalue weighted by Crippen LogP contribution is 2.32. The fraction of sp³-hybridized carbons (Fsp3) is 0.250. The summed E-state index contributed by atoms with van der Waals surface area (Å²) < 4.78 is 10.7. The minimum atomic E-state index is -0.389. The topological polar surface area (TPSA) is 89.1 Å². The maximum Gasteiger partial charge on any atom is 0.231 e. The lowest BCUT2D eigenvalue weighted by atomic mass is 10.1. The third-order valence-electron chi connectivity index (χ3n) is 4.39. The van der Waals surface area contributed by atoms with Crippen molar-refractivity contribution in [1.82, 2.24) is 20.5 Å². The molecule has 2 heterocycles. The molecule has 0 saturated carbocycles. The molecule has 7 nitrogen and oxygen atoms in total. The van der Waals surface area contributed by atoms with Gasteiger partial charge in [0.1, 0.15) is 11.9 Å². The summed E-state index contributed by atoms with van der Waals surface area (Å²) in [5.41, 5.74) is 1.97. The second-order valence-corrected chi connectivity index (χ2v) is 6.38. The smallest absolute Gasteiger partial charge is 0.231 e. The van der Waals surface area contributed by atoms with Crippen LogP contribution in [0.3, 0.4) is 0 Å². The molecule has 1 unspecified atom stereocenters. The average molecular weight is 364 g/mol. The van der Waals surface area contributed by atoms with Gasteiger partial charge in [-0.1, -0.05) is 36.4 Å². The summed E-state index contributed by atoms with van der Waals surface area (Å²) in [4.78, 5) is 17.0. The van der Waals surface area contributed by atoms with E-state index in [1.54, 1.807) is 0 Å². The molecular formula is C20H20N4O3. The first-order valence-electron chi connectivity index (χ1n) is 8.81. The Hall–Kier alpha value is -3.35. The number of hydrogen-bond acceptors (Lipinski definition) is 5. The highest BCUT2D eigenvalue weighted by molar-refractivity contribution is 5.77. The molecule has 1 atom stereocenters. The molecule has 0 radical (unpaired) electrons. The van der Waals surface area contributed by atoms with E-state index in [4.69, 9.17) is 9.47 Å². The molecule has 0 fully saturated rings. The number of hydrogen-bond donors (Lipinski definition) is 2. The van der Waals surface area contributed by atoms with Crippen LogP contribution in [0.5, 0.6) is 11.5 Å². The molecule has 0 saturated heterocycles. The van der Waals surface area contributed by atoms with E-state index in [0.717, 1.165) is 22.6 Å². The third kappa shape index (κ3) is 3.92. The molecule has 0 bridgehead atoms. The van der Waals surface area contributed by atoms with Gasteiger partial charge >= 0.3 is 0 Å². The van der Waals surface area contributed by atoms with Crippen LogP contribution >= 0.6 is 0 Å². The summed E-state index contributed by atoms with van der Waals surface area (Å²) in [7, 11) is 0. The Morgan fingerprint density at radius 2 is 2.00 bits per heavy atom. The van der Waals surface area contributed by atoms with Crippen molar-refractivity contribution in [2.75, 3.05) is 6.79 Å². The predicted octanol–water partition coefficient (Wildman–Crippen LogP) is 2.68. The van der Waals surface area contributed by atoms with Gasteiger partial charge in [-0.2, -0.15) is 5.10 Å². The number of rotatable bonds is 6. The van der Waals surface area contributed by atoms with Gasteiger partial charge in [-0.15, -0.1) is 0 Å². The van der Waals surface area contributed by atoms with Crippen LogP contribution in [-0.2, 0) is 11.2 Å². The van der Waals surface area contributed by atoms with Crippen molar-refractivity contribution in [3.05, 3.63) is 71.3 Å². The van der Waals surface area contributed by atoms with Gasteiger partial charge in [-0.05, 0) is 36.6 Å². The molecule has 138 valence electrons. The van der Waals surface area contributed by atoms with Crippen LogP contribution in [0.1, 0.15) is 35.2 Å². The second-order valence-electron chi connectivity index (χ2n) is 6.38. The van der Waals surface area contributed by atoms with E-state index in [1.165, 1.54) is 0 Å². The molecule has 7 heteroatoms. The number of amides is 1. The molecule has 1 aliphatic heterocycles. The van der Waals surface area contributed by atoms with E-state index < -0.39 is 0 Å². The summed E-state index contributed by atoms with van der Waals surface area (Å²) >= 11 is 0. The predicted molar refractivity (Wildman–Crippen MR) is 98.4 cm³/mol. The standard InChI is InChI=1S/C20H20N4O3/c1-13-21-20(24-23-13)19(15-5-3-2-4-6-15)22-18(25)10-8-14-7-9-16-17(11-14)27-12-26-16/h2-7,9,11,19H,8,10,12H2,1H3,(H,22,25)(H,21,23,24). The van der Waals surface area contributed by atoms with Gasteiger partial charge in [0.25, 0.3) is 0 Å². The molecule has 1 aliphatic rings. The zero-order chi connectivity index (χ0) is 18.6. The lowest BCUT2D eigenvalue weighted by Gasteiger charge is -2.16. The minimum absolute atomic E-state index is 0.0658. The molecule has 0 spiro atoms. The minimum Gasteiger partial charge on any atom is -0.454 e. The molecule has 1 amide bonds. The van der Waals surface area contributed by atoms with Gasteiger partial charge in [0.05, 0.1) is 0 Å². The van der Waals surface area contributed by atoms with Crippen LogP contribution in [0.2, 0.25) is 0 Å². The second kappa shape index (κ2) is 7.49. The van der Waals surface area contributed by atoms with E-state index in [9.17, 15) is 4.79 Å². The fourth-order valence-corrected chi connectivity index (χ4v) is 3.02. The SMILES string of the molecule is Cc1nc(C(NC(=O)CCc2ccc3c(c2)OCO3)c2ccccc2)n[nH]1. The van der Waals surface area contributed by atoms with E-state index in [1.807, 2.05) is 55.5 Å². The summed E-state index contributed by atoms with van der Waals surface area (Å²) in [5.74, 6) is 2.67. The summed E-state index contributed by atoms with van der Waals surface area (Å²) in [6, 6.07) is 15.1. The zero-order valence-electron chi connectivity index (χ0n) is 14.9. The maximum atomic E-state index is 12.6. The van der Waals surface area contributed by atoms with E-state index in [2.05, 4.69) is 20.5 Å².